The van der Waals surface area contributed by atoms with Crippen molar-refractivity contribution in [2.75, 3.05) is 18.1 Å². The maximum absolute atomic E-state index is 12.9. The first-order chi connectivity index (χ1) is 10.3. The van der Waals surface area contributed by atoms with Crippen LogP contribution in [0.1, 0.15) is 25.3 Å². The van der Waals surface area contributed by atoms with Gasteiger partial charge >= 0.3 is 0 Å². The molecule has 1 aliphatic heterocycles. The summed E-state index contributed by atoms with van der Waals surface area (Å²) in [5.74, 6) is -0.145. The molecule has 8 heteroatoms. The number of benzene rings is 1. The summed E-state index contributed by atoms with van der Waals surface area (Å²) in [7, 11) is -7.08. The van der Waals surface area contributed by atoms with Gasteiger partial charge in [-0.3, -0.25) is 0 Å². The van der Waals surface area contributed by atoms with E-state index >= 15 is 0 Å². The summed E-state index contributed by atoms with van der Waals surface area (Å²) in [5, 5.41) is 9.11. The molecule has 1 atom stereocenters. The van der Waals surface area contributed by atoms with Gasteiger partial charge in [-0.05, 0) is 25.0 Å². The summed E-state index contributed by atoms with van der Waals surface area (Å²) in [6, 6.07) is 7.32. The number of nitriles is 1. The number of hydrogen-bond acceptors (Lipinski definition) is 5. The average Bonchev–Trinajstić information content (AvgIpc) is 2.84. The molecule has 0 bridgehead atoms. The Bertz CT molecular complexity index is 794. The minimum absolute atomic E-state index is 0.00724. The fraction of sp³-hybridized carbons (Fsp3) is 0.500. The largest absolute Gasteiger partial charge is 0.244 e. The molecule has 22 heavy (non-hydrogen) atoms. The topological polar surface area (TPSA) is 95.3 Å². The third-order valence-electron chi connectivity index (χ3n) is 3.65. The summed E-state index contributed by atoms with van der Waals surface area (Å²) in [6.07, 6.45) is 0.876. The normalized spacial score (nSPS) is 20.9. The molecule has 0 spiro atoms. The van der Waals surface area contributed by atoms with Gasteiger partial charge in [0.25, 0.3) is 0 Å². The Hall–Kier alpha value is -1.43. The Labute approximate surface area is 131 Å². The first-order valence-electron chi connectivity index (χ1n) is 7.03. The van der Waals surface area contributed by atoms with Crippen LogP contribution in [-0.2, 0) is 19.9 Å². The van der Waals surface area contributed by atoms with Crippen LogP contribution in [0, 0.1) is 11.3 Å². The second kappa shape index (κ2) is 6.36. The number of hydrogen-bond donors (Lipinski definition) is 0. The lowest BCUT2D eigenvalue weighted by Crippen LogP contribution is -2.41. The van der Waals surface area contributed by atoms with Gasteiger partial charge in [0.1, 0.15) is 6.07 Å². The summed E-state index contributed by atoms with van der Waals surface area (Å²) < 4.78 is 50.3. The van der Waals surface area contributed by atoms with Gasteiger partial charge in [-0.15, -0.1) is 0 Å². The quantitative estimate of drug-likeness (QED) is 0.800. The molecule has 0 aliphatic carbocycles. The van der Waals surface area contributed by atoms with E-state index in [0.717, 1.165) is 0 Å². The van der Waals surface area contributed by atoms with Gasteiger partial charge in [0.15, 0.2) is 9.84 Å². The molecule has 1 saturated heterocycles. The van der Waals surface area contributed by atoms with E-state index < -0.39 is 25.9 Å². The van der Waals surface area contributed by atoms with E-state index in [1.54, 1.807) is 12.1 Å². The molecule has 1 aliphatic rings. The molecule has 1 fully saturated rings. The summed E-state index contributed by atoms with van der Waals surface area (Å²) in [4.78, 5) is -0.0600. The Kier molecular flexibility index (Phi) is 4.90. The number of rotatable bonds is 5. The first-order valence-corrected chi connectivity index (χ1v) is 10.3. The van der Waals surface area contributed by atoms with Crippen LogP contribution in [-0.4, -0.2) is 45.2 Å². The summed E-state index contributed by atoms with van der Waals surface area (Å²) >= 11 is 0. The van der Waals surface area contributed by atoms with Crippen molar-refractivity contribution >= 4 is 19.9 Å². The molecule has 0 N–H and O–H groups in total. The van der Waals surface area contributed by atoms with Crippen LogP contribution >= 0.6 is 0 Å². The van der Waals surface area contributed by atoms with E-state index in [0.29, 0.717) is 12.8 Å². The number of sulfone groups is 1. The van der Waals surface area contributed by atoms with Gasteiger partial charge in [-0.1, -0.05) is 19.1 Å². The monoisotopic (exact) mass is 342 g/mol. The minimum atomic E-state index is -3.89. The van der Waals surface area contributed by atoms with Gasteiger partial charge in [-0.2, -0.15) is 9.57 Å². The lowest BCUT2D eigenvalue weighted by molar-refractivity contribution is 0.340. The Morgan fingerprint density at radius 1 is 1.36 bits per heavy atom. The highest BCUT2D eigenvalue weighted by atomic mass is 32.2. The van der Waals surface area contributed by atoms with Crippen molar-refractivity contribution < 1.29 is 16.8 Å². The predicted octanol–water partition coefficient (Wildman–Crippen LogP) is 1.15. The van der Waals surface area contributed by atoms with Crippen LogP contribution in [0.3, 0.4) is 0 Å². The van der Waals surface area contributed by atoms with Gasteiger partial charge in [0, 0.05) is 12.6 Å². The third-order valence-corrected chi connectivity index (χ3v) is 7.41. The molecule has 120 valence electrons. The van der Waals surface area contributed by atoms with E-state index in [1.165, 1.54) is 16.4 Å². The van der Waals surface area contributed by atoms with Crippen molar-refractivity contribution in [3.8, 4) is 6.07 Å². The van der Waals surface area contributed by atoms with E-state index in [-0.39, 0.29) is 28.5 Å². The molecule has 1 aromatic carbocycles. The maximum Gasteiger partial charge on any atom is 0.244 e. The second-order valence-electron chi connectivity index (χ2n) is 5.28. The molecule has 6 nitrogen and oxygen atoms in total. The van der Waals surface area contributed by atoms with E-state index in [2.05, 4.69) is 0 Å². The van der Waals surface area contributed by atoms with Gasteiger partial charge in [-0.25, -0.2) is 16.8 Å². The average molecular weight is 342 g/mol. The minimum Gasteiger partial charge on any atom is -0.229 e. The zero-order valence-electron chi connectivity index (χ0n) is 12.3. The van der Waals surface area contributed by atoms with Gasteiger partial charge in [0.05, 0.1) is 22.0 Å². The van der Waals surface area contributed by atoms with Crippen LogP contribution < -0.4 is 0 Å². The zero-order chi connectivity index (χ0) is 16.4. The lowest BCUT2D eigenvalue weighted by Gasteiger charge is -2.27. The van der Waals surface area contributed by atoms with E-state index in [1.807, 2.05) is 13.0 Å². The molecule has 0 saturated carbocycles. The van der Waals surface area contributed by atoms with Crippen molar-refractivity contribution in [2.24, 2.45) is 0 Å². The SMILES string of the molecule is CCCN(C1CCS(=O)(=O)C1)S(=O)(=O)c1ccccc1C#N. The summed E-state index contributed by atoms with van der Waals surface area (Å²) in [5.41, 5.74) is 0.0736. The highest BCUT2D eigenvalue weighted by Gasteiger charge is 2.38. The predicted molar refractivity (Wildman–Crippen MR) is 82.4 cm³/mol. The molecule has 0 amide bonds. The van der Waals surface area contributed by atoms with Crippen LogP contribution in [0.2, 0.25) is 0 Å². The number of sulfonamides is 1. The van der Waals surface area contributed by atoms with Crippen molar-refractivity contribution in [3.63, 3.8) is 0 Å². The zero-order valence-corrected chi connectivity index (χ0v) is 13.9. The van der Waals surface area contributed by atoms with Gasteiger partial charge in [0.2, 0.25) is 10.0 Å². The van der Waals surface area contributed by atoms with Crippen molar-refractivity contribution in [2.45, 2.75) is 30.7 Å². The highest BCUT2D eigenvalue weighted by Crippen LogP contribution is 2.26. The fourth-order valence-corrected chi connectivity index (χ4v) is 6.35. The Morgan fingerprint density at radius 2 is 2.05 bits per heavy atom. The second-order valence-corrected chi connectivity index (χ2v) is 9.37. The van der Waals surface area contributed by atoms with Crippen molar-refractivity contribution in [1.29, 1.82) is 5.26 Å². The third kappa shape index (κ3) is 3.32. The Morgan fingerprint density at radius 3 is 2.59 bits per heavy atom. The standard InChI is InChI=1S/C14H18N2O4S2/c1-2-8-16(13-7-9-21(17,18)11-13)22(19,20)14-6-4-3-5-12(14)10-15/h3-6,13H,2,7-9,11H2,1H3. The highest BCUT2D eigenvalue weighted by molar-refractivity contribution is 7.92. The smallest absolute Gasteiger partial charge is 0.229 e. The number of nitrogens with zero attached hydrogens (tertiary/aromatic N) is 2. The van der Waals surface area contributed by atoms with E-state index in [4.69, 9.17) is 5.26 Å². The van der Waals surface area contributed by atoms with Crippen LogP contribution in [0.15, 0.2) is 29.2 Å². The van der Waals surface area contributed by atoms with Crippen LogP contribution in [0.4, 0.5) is 0 Å². The molecule has 0 radical (unpaired) electrons. The van der Waals surface area contributed by atoms with Crippen LogP contribution in [0.25, 0.3) is 0 Å². The summed E-state index contributed by atoms with van der Waals surface area (Å²) in [6.45, 7) is 2.07. The maximum atomic E-state index is 12.9. The fourth-order valence-electron chi connectivity index (χ4n) is 2.63. The lowest BCUT2D eigenvalue weighted by atomic mass is 10.2. The van der Waals surface area contributed by atoms with Gasteiger partial charge < -0.3 is 0 Å². The Balaban J connectivity index is 2.46. The van der Waals surface area contributed by atoms with Crippen LogP contribution in [0.5, 0.6) is 0 Å². The van der Waals surface area contributed by atoms with Crippen molar-refractivity contribution in [1.82, 2.24) is 4.31 Å². The van der Waals surface area contributed by atoms with Crippen molar-refractivity contribution in [3.05, 3.63) is 29.8 Å². The molecule has 0 aromatic heterocycles. The van der Waals surface area contributed by atoms with E-state index in [9.17, 15) is 16.8 Å². The first kappa shape index (κ1) is 16.9. The molecular weight excluding hydrogens is 324 g/mol. The molecule has 2 rings (SSSR count). The molecule has 1 unspecified atom stereocenters. The molecular formula is C14H18N2O4S2. The molecule has 1 heterocycles. The molecule has 1 aromatic rings.